The molecule has 0 saturated heterocycles. The van der Waals surface area contributed by atoms with Crippen molar-refractivity contribution in [2.75, 3.05) is 0 Å². The molecule has 1 heterocycles. The normalized spacial score (nSPS) is 11.9. The van der Waals surface area contributed by atoms with E-state index < -0.39 is 0 Å². The SMILES string of the molecule is C[C@@H](Cc1ccccc1Cl)NC(=O)c1c[nH]c(=S)n1-c1ccccc1. The molecule has 0 aliphatic carbocycles. The van der Waals surface area contributed by atoms with E-state index in [0.29, 0.717) is 21.9 Å². The molecule has 3 aromatic rings. The highest BCUT2D eigenvalue weighted by Gasteiger charge is 2.17. The third kappa shape index (κ3) is 4.00. The lowest BCUT2D eigenvalue weighted by Crippen LogP contribution is -2.35. The molecule has 6 heteroatoms. The van der Waals surface area contributed by atoms with Crippen LogP contribution in [0.3, 0.4) is 0 Å². The summed E-state index contributed by atoms with van der Waals surface area (Å²) in [5.41, 5.74) is 2.32. The highest BCUT2D eigenvalue weighted by Crippen LogP contribution is 2.17. The minimum Gasteiger partial charge on any atom is -0.348 e. The molecule has 0 radical (unpaired) electrons. The number of amides is 1. The minimum absolute atomic E-state index is 0.0694. The number of halogens is 1. The van der Waals surface area contributed by atoms with Crippen molar-refractivity contribution in [1.29, 1.82) is 0 Å². The Bertz CT molecular complexity index is 933. The number of benzene rings is 2. The van der Waals surface area contributed by atoms with Crippen LogP contribution in [0, 0.1) is 4.77 Å². The molecule has 0 fully saturated rings. The molecule has 0 aliphatic heterocycles. The molecule has 1 amide bonds. The van der Waals surface area contributed by atoms with E-state index in [4.69, 9.17) is 23.8 Å². The van der Waals surface area contributed by atoms with Crippen LogP contribution >= 0.6 is 23.8 Å². The van der Waals surface area contributed by atoms with Crippen molar-refractivity contribution in [3.05, 3.63) is 81.8 Å². The quantitative estimate of drug-likeness (QED) is 0.646. The fourth-order valence-electron chi connectivity index (χ4n) is 2.71. The maximum absolute atomic E-state index is 12.7. The van der Waals surface area contributed by atoms with Crippen molar-refractivity contribution in [3.8, 4) is 5.69 Å². The molecular formula is C19H18ClN3OS. The lowest BCUT2D eigenvalue weighted by atomic mass is 10.1. The standard InChI is InChI=1S/C19H18ClN3OS/c1-13(11-14-7-5-6-10-16(14)20)22-18(24)17-12-21-19(25)23(17)15-8-3-2-4-9-15/h2-10,12-13H,11H2,1H3,(H,21,25)(H,22,24)/t13-/m0/s1. The third-order valence-corrected chi connectivity index (χ3v) is 4.55. The molecule has 0 spiro atoms. The van der Waals surface area contributed by atoms with Crippen LogP contribution in [0.4, 0.5) is 0 Å². The van der Waals surface area contributed by atoms with E-state index in [2.05, 4.69) is 10.3 Å². The zero-order valence-corrected chi connectivity index (χ0v) is 15.3. The van der Waals surface area contributed by atoms with E-state index in [1.165, 1.54) is 0 Å². The van der Waals surface area contributed by atoms with E-state index in [1.54, 1.807) is 10.8 Å². The second kappa shape index (κ2) is 7.68. The van der Waals surface area contributed by atoms with E-state index >= 15 is 0 Å². The minimum atomic E-state index is -0.184. The lowest BCUT2D eigenvalue weighted by Gasteiger charge is -2.15. The molecule has 4 nitrogen and oxygen atoms in total. The molecule has 1 aromatic heterocycles. The number of hydrogen-bond donors (Lipinski definition) is 2. The highest BCUT2D eigenvalue weighted by molar-refractivity contribution is 7.71. The van der Waals surface area contributed by atoms with Gasteiger partial charge in [-0.3, -0.25) is 9.36 Å². The first kappa shape index (κ1) is 17.5. The molecule has 1 atom stereocenters. The number of aromatic amines is 1. The molecule has 128 valence electrons. The van der Waals surface area contributed by atoms with Crippen molar-refractivity contribution >= 4 is 29.7 Å². The number of nitrogens with one attached hydrogen (secondary N) is 2. The van der Waals surface area contributed by atoms with Crippen LogP contribution < -0.4 is 5.32 Å². The summed E-state index contributed by atoms with van der Waals surface area (Å²) < 4.78 is 2.21. The summed E-state index contributed by atoms with van der Waals surface area (Å²) in [6.45, 7) is 1.95. The molecule has 25 heavy (non-hydrogen) atoms. The topological polar surface area (TPSA) is 49.8 Å². The Balaban J connectivity index is 1.78. The summed E-state index contributed by atoms with van der Waals surface area (Å²) in [4.78, 5) is 15.7. The number of carbonyl (C=O) groups excluding carboxylic acids is 1. The van der Waals surface area contributed by atoms with Gasteiger partial charge < -0.3 is 10.3 Å². The summed E-state index contributed by atoms with van der Waals surface area (Å²) in [6.07, 6.45) is 2.29. The number of nitrogens with zero attached hydrogens (tertiary/aromatic N) is 1. The van der Waals surface area contributed by atoms with Gasteiger partial charge in [-0.25, -0.2) is 0 Å². The maximum atomic E-state index is 12.7. The summed E-state index contributed by atoms with van der Waals surface area (Å²) >= 11 is 11.5. The van der Waals surface area contributed by atoms with E-state index in [-0.39, 0.29) is 11.9 Å². The molecule has 0 saturated carbocycles. The second-order valence-electron chi connectivity index (χ2n) is 5.82. The average Bonchev–Trinajstić information content (AvgIpc) is 2.99. The molecule has 3 rings (SSSR count). The zero-order valence-electron chi connectivity index (χ0n) is 13.7. The Morgan fingerprint density at radius 3 is 2.60 bits per heavy atom. The maximum Gasteiger partial charge on any atom is 0.270 e. The zero-order chi connectivity index (χ0) is 17.8. The van der Waals surface area contributed by atoms with Crippen LogP contribution in [-0.2, 0) is 6.42 Å². The van der Waals surface area contributed by atoms with Gasteiger partial charge in [0.15, 0.2) is 4.77 Å². The Morgan fingerprint density at radius 1 is 1.20 bits per heavy atom. The van der Waals surface area contributed by atoms with Crippen molar-refractivity contribution in [2.45, 2.75) is 19.4 Å². The highest BCUT2D eigenvalue weighted by atomic mass is 35.5. The number of H-pyrrole nitrogens is 1. The molecule has 0 unspecified atom stereocenters. The van der Waals surface area contributed by atoms with Gasteiger partial charge >= 0.3 is 0 Å². The van der Waals surface area contributed by atoms with Gasteiger partial charge in [0.25, 0.3) is 5.91 Å². The fourth-order valence-corrected chi connectivity index (χ4v) is 3.19. The Kier molecular flexibility index (Phi) is 5.36. The van der Waals surface area contributed by atoms with Gasteiger partial charge in [0.05, 0.1) is 0 Å². The number of para-hydroxylation sites is 1. The van der Waals surface area contributed by atoms with Gasteiger partial charge in [0, 0.05) is 22.9 Å². The van der Waals surface area contributed by atoms with Crippen LogP contribution in [0.5, 0.6) is 0 Å². The summed E-state index contributed by atoms with van der Waals surface area (Å²) in [7, 11) is 0. The van der Waals surface area contributed by atoms with Crippen LogP contribution in [-0.4, -0.2) is 21.5 Å². The van der Waals surface area contributed by atoms with Crippen LogP contribution in [0.25, 0.3) is 5.69 Å². The van der Waals surface area contributed by atoms with E-state index in [9.17, 15) is 4.79 Å². The molecule has 0 aliphatic rings. The van der Waals surface area contributed by atoms with Crippen molar-refractivity contribution in [1.82, 2.24) is 14.9 Å². The first-order valence-corrected chi connectivity index (χ1v) is 8.75. The van der Waals surface area contributed by atoms with Gasteiger partial charge in [-0.15, -0.1) is 0 Å². The van der Waals surface area contributed by atoms with Gasteiger partial charge in [-0.05, 0) is 49.3 Å². The van der Waals surface area contributed by atoms with Gasteiger partial charge in [-0.2, -0.15) is 0 Å². The summed E-state index contributed by atoms with van der Waals surface area (Å²) in [5.74, 6) is -0.184. The first-order valence-electron chi connectivity index (χ1n) is 7.96. The Hall–Kier alpha value is -2.37. The molecule has 0 bridgehead atoms. The van der Waals surface area contributed by atoms with Gasteiger partial charge in [0.1, 0.15) is 5.69 Å². The third-order valence-electron chi connectivity index (χ3n) is 3.88. The predicted molar refractivity (Wildman–Crippen MR) is 103 cm³/mol. The number of hydrogen-bond acceptors (Lipinski definition) is 2. The lowest BCUT2D eigenvalue weighted by molar-refractivity contribution is 0.0933. The van der Waals surface area contributed by atoms with Gasteiger partial charge in [0.2, 0.25) is 0 Å². The van der Waals surface area contributed by atoms with Crippen molar-refractivity contribution in [2.24, 2.45) is 0 Å². The molecular weight excluding hydrogens is 354 g/mol. The Labute approximate surface area is 156 Å². The van der Waals surface area contributed by atoms with Crippen LogP contribution in [0.2, 0.25) is 5.02 Å². The average molecular weight is 372 g/mol. The second-order valence-corrected chi connectivity index (χ2v) is 6.61. The number of aromatic nitrogens is 2. The molecule has 2 N–H and O–H groups in total. The van der Waals surface area contributed by atoms with Crippen molar-refractivity contribution in [3.63, 3.8) is 0 Å². The number of carbonyl (C=O) groups is 1. The molecule has 2 aromatic carbocycles. The van der Waals surface area contributed by atoms with E-state index in [0.717, 1.165) is 11.3 Å². The number of rotatable bonds is 5. The van der Waals surface area contributed by atoms with Crippen LogP contribution in [0.15, 0.2) is 60.8 Å². The first-order chi connectivity index (χ1) is 12.1. The monoisotopic (exact) mass is 371 g/mol. The predicted octanol–water partition coefficient (Wildman–Crippen LogP) is 4.55. The van der Waals surface area contributed by atoms with Crippen LogP contribution in [0.1, 0.15) is 23.0 Å². The Morgan fingerprint density at radius 2 is 1.88 bits per heavy atom. The van der Waals surface area contributed by atoms with Gasteiger partial charge in [-0.1, -0.05) is 48.0 Å². The number of imidazole rings is 1. The summed E-state index contributed by atoms with van der Waals surface area (Å²) in [5, 5.41) is 3.72. The smallest absolute Gasteiger partial charge is 0.270 e. The summed E-state index contributed by atoms with van der Waals surface area (Å²) in [6, 6.07) is 17.1. The van der Waals surface area contributed by atoms with E-state index in [1.807, 2.05) is 61.5 Å². The largest absolute Gasteiger partial charge is 0.348 e. The fraction of sp³-hybridized carbons (Fsp3) is 0.158. The van der Waals surface area contributed by atoms with Crippen molar-refractivity contribution < 1.29 is 4.79 Å².